The fourth-order valence-electron chi connectivity index (χ4n) is 3.07. The molecule has 2 N–H and O–H groups in total. The SMILES string of the molecule is O=C(NCCc1nc2ccccc2[nH]1)c1cccc(Oc2ccc(C(F)(F)F)cc2)c1. The molecule has 0 radical (unpaired) electrons. The Bertz CT molecular complexity index is 1170. The number of nitrogens with zero attached hydrogens (tertiary/aromatic N) is 1. The highest BCUT2D eigenvalue weighted by molar-refractivity contribution is 5.94. The number of fused-ring (bicyclic) bond motifs is 1. The maximum atomic E-state index is 12.7. The van der Waals surface area contributed by atoms with Gasteiger partial charge in [-0.25, -0.2) is 4.98 Å². The van der Waals surface area contributed by atoms with Crippen LogP contribution in [0.25, 0.3) is 11.0 Å². The van der Waals surface area contributed by atoms with Gasteiger partial charge in [0, 0.05) is 18.5 Å². The number of carbonyl (C=O) groups excluding carboxylic acids is 1. The first kappa shape index (κ1) is 20.5. The van der Waals surface area contributed by atoms with Crippen molar-refractivity contribution >= 4 is 16.9 Å². The van der Waals surface area contributed by atoms with Crippen molar-refractivity contribution in [1.82, 2.24) is 15.3 Å². The Morgan fingerprint density at radius 1 is 0.968 bits per heavy atom. The van der Waals surface area contributed by atoms with Crippen molar-refractivity contribution in [3.8, 4) is 11.5 Å². The number of rotatable bonds is 6. The van der Waals surface area contributed by atoms with Gasteiger partial charge in [0.25, 0.3) is 5.91 Å². The molecule has 0 aliphatic rings. The number of alkyl halides is 3. The smallest absolute Gasteiger partial charge is 0.416 e. The molecule has 31 heavy (non-hydrogen) atoms. The second kappa shape index (κ2) is 8.51. The average molecular weight is 425 g/mol. The van der Waals surface area contributed by atoms with Crippen LogP contribution in [-0.2, 0) is 12.6 Å². The fourth-order valence-corrected chi connectivity index (χ4v) is 3.07. The standard InChI is InChI=1S/C23H18F3N3O2/c24-23(25,26)16-8-10-17(11-9-16)31-18-5-3-4-15(14-18)22(30)27-13-12-21-28-19-6-1-2-7-20(19)29-21/h1-11,14H,12-13H2,(H,27,30)(H,28,29). The topological polar surface area (TPSA) is 67.0 Å². The highest BCUT2D eigenvalue weighted by Crippen LogP contribution is 2.31. The van der Waals surface area contributed by atoms with Gasteiger partial charge in [-0.05, 0) is 54.6 Å². The largest absolute Gasteiger partial charge is 0.457 e. The van der Waals surface area contributed by atoms with Gasteiger partial charge in [0.2, 0.25) is 0 Å². The molecule has 8 heteroatoms. The maximum absolute atomic E-state index is 12.7. The van der Waals surface area contributed by atoms with Crippen LogP contribution in [0.3, 0.4) is 0 Å². The first-order valence-corrected chi connectivity index (χ1v) is 9.55. The zero-order valence-corrected chi connectivity index (χ0v) is 16.2. The number of imidazole rings is 1. The molecule has 5 nitrogen and oxygen atoms in total. The van der Waals surface area contributed by atoms with E-state index in [0.717, 1.165) is 29.0 Å². The van der Waals surface area contributed by atoms with Crippen LogP contribution in [0.4, 0.5) is 13.2 Å². The number of H-pyrrole nitrogens is 1. The van der Waals surface area contributed by atoms with Gasteiger partial charge in [0.15, 0.2) is 0 Å². The highest BCUT2D eigenvalue weighted by atomic mass is 19.4. The predicted octanol–water partition coefficient (Wildman–Crippen LogP) is 5.35. The molecule has 0 fully saturated rings. The van der Waals surface area contributed by atoms with E-state index >= 15 is 0 Å². The molecule has 1 amide bonds. The predicted molar refractivity (Wildman–Crippen MR) is 110 cm³/mol. The van der Waals surface area contributed by atoms with Gasteiger partial charge < -0.3 is 15.0 Å². The monoisotopic (exact) mass is 425 g/mol. The van der Waals surface area contributed by atoms with Crippen LogP contribution >= 0.6 is 0 Å². The van der Waals surface area contributed by atoms with Gasteiger partial charge >= 0.3 is 6.18 Å². The summed E-state index contributed by atoms with van der Waals surface area (Å²) in [7, 11) is 0. The van der Waals surface area contributed by atoms with Crippen LogP contribution in [0.5, 0.6) is 11.5 Å². The van der Waals surface area contributed by atoms with Crippen LogP contribution < -0.4 is 10.1 Å². The molecule has 4 aromatic rings. The van der Waals surface area contributed by atoms with Crippen LogP contribution in [0.2, 0.25) is 0 Å². The summed E-state index contributed by atoms with van der Waals surface area (Å²) >= 11 is 0. The van der Waals surface area contributed by atoms with Gasteiger partial charge in [-0.1, -0.05) is 18.2 Å². The van der Waals surface area contributed by atoms with Crippen LogP contribution in [0.1, 0.15) is 21.7 Å². The second-order valence-electron chi connectivity index (χ2n) is 6.86. The third kappa shape index (κ3) is 5.03. The van der Waals surface area contributed by atoms with E-state index in [1.165, 1.54) is 18.2 Å². The molecule has 0 aliphatic carbocycles. The normalized spacial score (nSPS) is 11.5. The number of hydrogen-bond donors (Lipinski definition) is 2. The van der Waals surface area contributed by atoms with E-state index < -0.39 is 11.7 Å². The molecular formula is C23H18F3N3O2. The van der Waals surface area contributed by atoms with Gasteiger partial charge in [-0.3, -0.25) is 4.79 Å². The van der Waals surface area contributed by atoms with Crippen molar-refractivity contribution in [3.05, 3.63) is 89.7 Å². The summed E-state index contributed by atoms with van der Waals surface area (Å²) < 4.78 is 43.6. The Hall–Kier alpha value is -3.81. The van der Waals surface area contributed by atoms with Crippen molar-refractivity contribution < 1.29 is 22.7 Å². The van der Waals surface area contributed by atoms with Crippen molar-refractivity contribution in [1.29, 1.82) is 0 Å². The number of halogens is 3. The minimum atomic E-state index is -4.40. The van der Waals surface area contributed by atoms with Crippen molar-refractivity contribution in [2.24, 2.45) is 0 Å². The number of nitrogens with one attached hydrogen (secondary N) is 2. The number of aromatic nitrogens is 2. The molecule has 0 saturated heterocycles. The van der Waals surface area contributed by atoms with E-state index in [4.69, 9.17) is 4.74 Å². The molecule has 3 aromatic carbocycles. The summed E-state index contributed by atoms with van der Waals surface area (Å²) in [5, 5.41) is 2.83. The second-order valence-corrected chi connectivity index (χ2v) is 6.86. The van der Waals surface area contributed by atoms with Crippen LogP contribution in [-0.4, -0.2) is 22.4 Å². The van der Waals surface area contributed by atoms with Gasteiger partial charge in [0.05, 0.1) is 16.6 Å². The average Bonchev–Trinajstić information content (AvgIpc) is 3.16. The fraction of sp³-hybridized carbons (Fsp3) is 0.130. The molecular weight excluding hydrogens is 407 g/mol. The summed E-state index contributed by atoms with van der Waals surface area (Å²) in [4.78, 5) is 20.1. The van der Waals surface area contributed by atoms with E-state index in [2.05, 4.69) is 15.3 Å². The molecule has 0 aliphatic heterocycles. The minimum absolute atomic E-state index is 0.246. The Kier molecular flexibility index (Phi) is 5.62. The summed E-state index contributed by atoms with van der Waals surface area (Å²) in [5.74, 6) is 1.09. The number of para-hydroxylation sites is 2. The lowest BCUT2D eigenvalue weighted by Gasteiger charge is -2.10. The lowest BCUT2D eigenvalue weighted by molar-refractivity contribution is -0.137. The van der Waals surface area contributed by atoms with Gasteiger partial charge in [0.1, 0.15) is 17.3 Å². The zero-order valence-electron chi connectivity index (χ0n) is 16.2. The molecule has 0 unspecified atom stereocenters. The molecule has 158 valence electrons. The van der Waals surface area contributed by atoms with Crippen molar-refractivity contribution in [2.45, 2.75) is 12.6 Å². The Labute approximate surface area is 175 Å². The van der Waals surface area contributed by atoms with E-state index in [-0.39, 0.29) is 11.7 Å². The van der Waals surface area contributed by atoms with E-state index in [0.29, 0.717) is 24.3 Å². The molecule has 0 bridgehead atoms. The van der Waals surface area contributed by atoms with Gasteiger partial charge in [-0.15, -0.1) is 0 Å². The molecule has 0 atom stereocenters. The third-order valence-electron chi connectivity index (χ3n) is 4.60. The Morgan fingerprint density at radius 2 is 1.74 bits per heavy atom. The lowest BCUT2D eigenvalue weighted by Crippen LogP contribution is -2.25. The molecule has 0 saturated carbocycles. The van der Waals surface area contributed by atoms with Crippen molar-refractivity contribution in [3.63, 3.8) is 0 Å². The first-order chi connectivity index (χ1) is 14.9. The molecule has 1 aromatic heterocycles. The lowest BCUT2D eigenvalue weighted by atomic mass is 10.2. The number of amides is 1. The van der Waals surface area contributed by atoms with E-state index in [9.17, 15) is 18.0 Å². The molecule has 4 rings (SSSR count). The van der Waals surface area contributed by atoms with Crippen molar-refractivity contribution in [2.75, 3.05) is 6.54 Å². The number of carbonyl (C=O) groups is 1. The third-order valence-corrected chi connectivity index (χ3v) is 4.60. The van der Waals surface area contributed by atoms with Crippen LogP contribution in [0.15, 0.2) is 72.8 Å². The number of ether oxygens (including phenoxy) is 1. The first-order valence-electron chi connectivity index (χ1n) is 9.55. The summed E-state index contributed by atoms with van der Waals surface area (Å²) in [6.07, 6.45) is -3.86. The summed E-state index contributed by atoms with van der Waals surface area (Å²) in [5.41, 5.74) is 1.44. The summed E-state index contributed by atoms with van der Waals surface area (Å²) in [6, 6.07) is 18.5. The summed E-state index contributed by atoms with van der Waals surface area (Å²) in [6.45, 7) is 0.392. The zero-order chi connectivity index (χ0) is 21.8. The van der Waals surface area contributed by atoms with E-state index in [1.54, 1.807) is 18.2 Å². The number of aromatic amines is 1. The van der Waals surface area contributed by atoms with Crippen LogP contribution in [0, 0.1) is 0 Å². The highest BCUT2D eigenvalue weighted by Gasteiger charge is 2.30. The Balaban J connectivity index is 1.35. The van der Waals surface area contributed by atoms with E-state index in [1.807, 2.05) is 24.3 Å². The maximum Gasteiger partial charge on any atom is 0.416 e. The number of benzene rings is 3. The Morgan fingerprint density at radius 3 is 2.48 bits per heavy atom. The number of hydrogen-bond acceptors (Lipinski definition) is 3. The van der Waals surface area contributed by atoms with Gasteiger partial charge in [-0.2, -0.15) is 13.2 Å². The molecule has 1 heterocycles. The quantitative estimate of drug-likeness (QED) is 0.438. The molecule has 0 spiro atoms. The minimum Gasteiger partial charge on any atom is -0.457 e.